The van der Waals surface area contributed by atoms with Crippen LogP contribution in [0, 0.1) is 0 Å². The van der Waals surface area contributed by atoms with E-state index in [1.165, 1.54) is 0 Å². The molecule has 0 aliphatic carbocycles. The fraction of sp³-hybridized carbons (Fsp3) is 0.250. The number of rotatable bonds is 6. The molecule has 1 atom stereocenters. The van der Waals surface area contributed by atoms with Crippen LogP contribution in [-0.4, -0.2) is 30.4 Å². The highest BCUT2D eigenvalue weighted by molar-refractivity contribution is 9.15. The fourth-order valence-electron chi connectivity index (χ4n) is 1.18. The standard InChI is InChI=1S/C12H9Br5O4/c1-2-6(19)20-3-5(18)4-21-12-10(16)8(14)7(13)9(15)11(12)17/h2,5,18H,1,3-4H2. The van der Waals surface area contributed by atoms with Gasteiger partial charge in [0, 0.05) is 10.5 Å². The molecule has 4 nitrogen and oxygen atoms in total. The molecule has 0 heterocycles. The Morgan fingerprint density at radius 1 is 1.05 bits per heavy atom. The van der Waals surface area contributed by atoms with E-state index in [0.29, 0.717) is 14.7 Å². The zero-order valence-corrected chi connectivity index (χ0v) is 18.3. The summed E-state index contributed by atoms with van der Waals surface area (Å²) in [5.74, 6) is -0.0865. The predicted molar refractivity (Wildman–Crippen MR) is 97.6 cm³/mol. The number of aliphatic hydroxyl groups is 1. The van der Waals surface area contributed by atoms with Crippen LogP contribution >= 0.6 is 79.6 Å². The third kappa shape index (κ3) is 5.31. The van der Waals surface area contributed by atoms with Crippen molar-refractivity contribution in [3.8, 4) is 5.75 Å². The van der Waals surface area contributed by atoms with E-state index in [2.05, 4.69) is 86.2 Å². The minimum atomic E-state index is -0.950. The van der Waals surface area contributed by atoms with Crippen molar-refractivity contribution >= 4 is 85.6 Å². The topological polar surface area (TPSA) is 55.8 Å². The molecule has 116 valence electrons. The Morgan fingerprint density at radius 3 is 2.00 bits per heavy atom. The third-order valence-electron chi connectivity index (χ3n) is 2.17. The maximum Gasteiger partial charge on any atom is 0.330 e. The van der Waals surface area contributed by atoms with Crippen molar-refractivity contribution < 1.29 is 19.4 Å². The number of esters is 1. The summed E-state index contributed by atoms with van der Waals surface area (Å²) >= 11 is 17.1. The average Bonchev–Trinajstić information content (AvgIpc) is 2.48. The zero-order chi connectivity index (χ0) is 16.2. The Labute approximate surface area is 163 Å². The number of ether oxygens (including phenoxy) is 2. The van der Waals surface area contributed by atoms with Crippen LogP contribution in [0.1, 0.15) is 0 Å². The van der Waals surface area contributed by atoms with Crippen LogP contribution in [0.5, 0.6) is 5.75 Å². The highest BCUT2D eigenvalue weighted by Gasteiger charge is 2.20. The highest BCUT2D eigenvalue weighted by Crippen LogP contribution is 2.48. The molecule has 0 spiro atoms. The third-order valence-corrected chi connectivity index (χ3v) is 8.19. The lowest BCUT2D eigenvalue weighted by Crippen LogP contribution is -2.25. The van der Waals surface area contributed by atoms with E-state index in [-0.39, 0.29) is 13.2 Å². The number of carbonyl (C=O) groups excluding carboxylic acids is 1. The van der Waals surface area contributed by atoms with Crippen LogP contribution in [0.25, 0.3) is 0 Å². The fourth-order valence-corrected chi connectivity index (χ4v) is 4.42. The van der Waals surface area contributed by atoms with Gasteiger partial charge in [-0.25, -0.2) is 4.79 Å². The second-order valence-electron chi connectivity index (χ2n) is 3.70. The predicted octanol–water partition coefficient (Wildman–Crippen LogP) is 4.97. The van der Waals surface area contributed by atoms with Gasteiger partial charge in [-0.3, -0.25) is 0 Å². The van der Waals surface area contributed by atoms with Crippen molar-refractivity contribution in [1.82, 2.24) is 0 Å². The summed E-state index contributed by atoms with van der Waals surface area (Å²) < 4.78 is 14.0. The molecule has 21 heavy (non-hydrogen) atoms. The molecular formula is C12H9Br5O4. The lowest BCUT2D eigenvalue weighted by Gasteiger charge is -2.17. The van der Waals surface area contributed by atoms with Crippen LogP contribution in [0.4, 0.5) is 0 Å². The van der Waals surface area contributed by atoms with Crippen LogP contribution in [0.3, 0.4) is 0 Å². The first-order valence-electron chi connectivity index (χ1n) is 5.41. The molecule has 0 saturated heterocycles. The quantitative estimate of drug-likeness (QED) is 0.212. The summed E-state index contributed by atoms with van der Waals surface area (Å²) in [6.45, 7) is 3.06. The van der Waals surface area contributed by atoms with Gasteiger partial charge in [0.2, 0.25) is 0 Å². The minimum Gasteiger partial charge on any atom is -0.488 e. The summed E-state index contributed by atoms with van der Waals surface area (Å²) in [7, 11) is 0. The van der Waals surface area contributed by atoms with Crippen molar-refractivity contribution in [3.05, 3.63) is 35.0 Å². The minimum absolute atomic E-state index is 0.0395. The van der Waals surface area contributed by atoms with E-state index in [0.717, 1.165) is 19.5 Å². The molecule has 1 unspecified atom stereocenters. The molecular weight excluding hydrogens is 608 g/mol. The van der Waals surface area contributed by atoms with Crippen molar-refractivity contribution in [2.24, 2.45) is 0 Å². The number of carbonyl (C=O) groups is 1. The van der Waals surface area contributed by atoms with Crippen LogP contribution in [0.15, 0.2) is 35.0 Å². The molecule has 1 aromatic rings. The second kappa shape index (κ2) is 9.02. The Hall–Kier alpha value is 0.590. The van der Waals surface area contributed by atoms with E-state index in [1.807, 2.05) is 0 Å². The van der Waals surface area contributed by atoms with E-state index < -0.39 is 12.1 Å². The molecule has 0 aliphatic rings. The van der Waals surface area contributed by atoms with Crippen LogP contribution in [-0.2, 0) is 9.53 Å². The molecule has 0 aromatic heterocycles. The molecule has 1 rings (SSSR count). The zero-order valence-electron chi connectivity index (χ0n) is 10.3. The van der Waals surface area contributed by atoms with Gasteiger partial charge < -0.3 is 14.6 Å². The maximum atomic E-state index is 10.9. The number of benzene rings is 1. The first-order chi connectivity index (χ1) is 9.79. The van der Waals surface area contributed by atoms with E-state index >= 15 is 0 Å². The Bertz CT molecular complexity index is 532. The molecule has 0 fully saturated rings. The monoisotopic (exact) mass is 612 g/mol. The van der Waals surface area contributed by atoms with Gasteiger partial charge in [-0.2, -0.15) is 0 Å². The van der Waals surface area contributed by atoms with Gasteiger partial charge in [0.25, 0.3) is 0 Å². The summed E-state index contributed by atoms with van der Waals surface area (Å²) in [5.41, 5.74) is 0. The van der Waals surface area contributed by atoms with Gasteiger partial charge in [-0.1, -0.05) is 6.58 Å². The first kappa shape index (κ1) is 19.6. The Kier molecular flexibility index (Phi) is 8.44. The molecule has 0 aliphatic heterocycles. The first-order valence-corrected chi connectivity index (χ1v) is 9.37. The molecule has 1 N–H and O–H groups in total. The number of hydrogen-bond donors (Lipinski definition) is 1. The smallest absolute Gasteiger partial charge is 0.330 e. The molecule has 1 aromatic carbocycles. The largest absolute Gasteiger partial charge is 0.488 e. The van der Waals surface area contributed by atoms with Crippen molar-refractivity contribution in [1.29, 1.82) is 0 Å². The summed E-state index contributed by atoms with van der Waals surface area (Å²) in [4.78, 5) is 10.9. The van der Waals surface area contributed by atoms with E-state index in [1.54, 1.807) is 0 Å². The van der Waals surface area contributed by atoms with E-state index in [4.69, 9.17) is 9.47 Å². The van der Waals surface area contributed by atoms with Crippen LogP contribution in [0.2, 0.25) is 0 Å². The molecule has 0 saturated carbocycles. The van der Waals surface area contributed by atoms with Gasteiger partial charge in [-0.05, 0) is 79.6 Å². The van der Waals surface area contributed by atoms with Crippen molar-refractivity contribution in [2.45, 2.75) is 6.10 Å². The van der Waals surface area contributed by atoms with Gasteiger partial charge in [0.15, 0.2) is 0 Å². The maximum absolute atomic E-state index is 10.9. The number of hydrogen-bond acceptors (Lipinski definition) is 4. The lowest BCUT2D eigenvalue weighted by atomic mass is 10.3. The lowest BCUT2D eigenvalue weighted by molar-refractivity contribution is -0.141. The molecule has 0 bridgehead atoms. The molecule has 9 heteroatoms. The SMILES string of the molecule is C=CC(=O)OCC(O)COc1c(Br)c(Br)c(Br)c(Br)c1Br. The Morgan fingerprint density at radius 2 is 1.52 bits per heavy atom. The molecule has 0 amide bonds. The normalized spacial score (nSPS) is 11.9. The summed E-state index contributed by atoms with van der Waals surface area (Å²) in [6, 6.07) is 0. The van der Waals surface area contributed by atoms with Gasteiger partial charge in [0.05, 0.1) is 17.9 Å². The van der Waals surface area contributed by atoms with Gasteiger partial charge in [0.1, 0.15) is 25.1 Å². The number of aliphatic hydroxyl groups excluding tert-OH is 1. The second-order valence-corrected chi connectivity index (χ2v) is 7.66. The van der Waals surface area contributed by atoms with Crippen LogP contribution < -0.4 is 4.74 Å². The molecule has 0 radical (unpaired) electrons. The highest BCUT2D eigenvalue weighted by atomic mass is 79.9. The van der Waals surface area contributed by atoms with Gasteiger partial charge >= 0.3 is 5.97 Å². The van der Waals surface area contributed by atoms with Crippen molar-refractivity contribution in [3.63, 3.8) is 0 Å². The average molecular weight is 617 g/mol. The van der Waals surface area contributed by atoms with Crippen molar-refractivity contribution in [2.75, 3.05) is 13.2 Å². The summed E-state index contributed by atoms with van der Waals surface area (Å²) in [6.07, 6.45) is 0.0814. The Balaban J connectivity index is 2.76. The van der Waals surface area contributed by atoms with E-state index in [9.17, 15) is 9.90 Å². The van der Waals surface area contributed by atoms with Gasteiger partial charge in [-0.15, -0.1) is 0 Å². The number of halogens is 5. The summed E-state index contributed by atoms with van der Waals surface area (Å²) in [5, 5.41) is 9.73.